The number of hydrogen-bond donors (Lipinski definition) is 0. The number of thiophene rings is 1. The normalized spacial score (nSPS) is 11.2. The van der Waals surface area contributed by atoms with Crippen molar-refractivity contribution in [2.24, 2.45) is 0 Å². The van der Waals surface area contributed by atoms with Gasteiger partial charge in [-0.25, -0.2) is 0 Å². The summed E-state index contributed by atoms with van der Waals surface area (Å²) in [6.45, 7) is 2.24. The van der Waals surface area contributed by atoms with E-state index in [1.54, 1.807) is 0 Å². The summed E-state index contributed by atoms with van der Waals surface area (Å²) < 4.78 is 1.38. The summed E-state index contributed by atoms with van der Waals surface area (Å²) >= 11 is 1.89. The molecule has 4 rings (SSSR count). The van der Waals surface area contributed by atoms with Gasteiger partial charge in [-0.2, -0.15) is 0 Å². The Labute approximate surface area is 122 Å². The van der Waals surface area contributed by atoms with E-state index in [1.165, 1.54) is 36.9 Å². The minimum atomic E-state index is 1.32. The molecule has 0 atom stereocenters. The van der Waals surface area contributed by atoms with Crippen LogP contribution in [0.25, 0.3) is 31.3 Å². The zero-order valence-corrected chi connectivity index (χ0v) is 12.1. The van der Waals surface area contributed by atoms with Gasteiger partial charge in [-0.1, -0.05) is 60.7 Å². The van der Waals surface area contributed by atoms with E-state index >= 15 is 0 Å². The Balaban J connectivity index is 2.11. The van der Waals surface area contributed by atoms with Crippen LogP contribution in [-0.4, -0.2) is 0 Å². The van der Waals surface area contributed by atoms with E-state index in [9.17, 15) is 0 Å². The maximum absolute atomic E-state index is 2.25. The molecule has 3 aromatic carbocycles. The van der Waals surface area contributed by atoms with Gasteiger partial charge in [0, 0.05) is 15.0 Å². The molecule has 1 heteroatoms. The zero-order chi connectivity index (χ0) is 13.5. The van der Waals surface area contributed by atoms with Gasteiger partial charge in [-0.05, 0) is 34.9 Å². The zero-order valence-electron chi connectivity index (χ0n) is 11.3. The standard InChI is InChI=1S/C19H14S/c1-13-18-16-10-6-5-7-14(16)11-12-17(18)20-19(13)15-8-3-2-4-9-15/h2-12H,1H3. The van der Waals surface area contributed by atoms with Crippen molar-refractivity contribution in [3.05, 3.63) is 72.3 Å². The predicted molar refractivity (Wildman–Crippen MR) is 89.5 cm³/mol. The molecular formula is C19H14S. The largest absolute Gasteiger partial charge is 0.135 e. The maximum atomic E-state index is 2.25. The fourth-order valence-corrected chi connectivity index (χ4v) is 4.12. The monoisotopic (exact) mass is 274 g/mol. The number of rotatable bonds is 1. The van der Waals surface area contributed by atoms with Gasteiger partial charge < -0.3 is 0 Å². The van der Waals surface area contributed by atoms with E-state index < -0.39 is 0 Å². The van der Waals surface area contributed by atoms with Gasteiger partial charge in [0.1, 0.15) is 0 Å². The average molecular weight is 274 g/mol. The molecule has 0 nitrogen and oxygen atoms in total. The van der Waals surface area contributed by atoms with Crippen LogP contribution in [0.5, 0.6) is 0 Å². The van der Waals surface area contributed by atoms with Gasteiger partial charge in [-0.3, -0.25) is 0 Å². The molecule has 4 aromatic rings. The fraction of sp³-hybridized carbons (Fsp3) is 0.0526. The molecule has 0 fully saturated rings. The van der Waals surface area contributed by atoms with Crippen molar-refractivity contribution in [3.8, 4) is 10.4 Å². The van der Waals surface area contributed by atoms with E-state index in [4.69, 9.17) is 0 Å². The number of hydrogen-bond acceptors (Lipinski definition) is 1. The fourth-order valence-electron chi connectivity index (χ4n) is 2.89. The molecule has 96 valence electrons. The van der Waals surface area contributed by atoms with Crippen molar-refractivity contribution in [2.45, 2.75) is 6.92 Å². The van der Waals surface area contributed by atoms with E-state index in [-0.39, 0.29) is 0 Å². The minimum Gasteiger partial charge on any atom is -0.135 e. The van der Waals surface area contributed by atoms with Crippen LogP contribution in [0.1, 0.15) is 5.56 Å². The molecule has 0 radical (unpaired) electrons. The van der Waals surface area contributed by atoms with Crippen LogP contribution in [0.15, 0.2) is 66.7 Å². The molecule has 0 aliphatic heterocycles. The van der Waals surface area contributed by atoms with Crippen molar-refractivity contribution in [3.63, 3.8) is 0 Å². The predicted octanol–water partition coefficient (Wildman–Crippen LogP) is 6.03. The SMILES string of the molecule is Cc1c(-c2ccccc2)sc2ccc3ccccc3c12. The lowest BCUT2D eigenvalue weighted by Gasteiger charge is -2.01. The third kappa shape index (κ3) is 1.67. The van der Waals surface area contributed by atoms with Crippen LogP contribution < -0.4 is 0 Å². The van der Waals surface area contributed by atoms with Gasteiger partial charge >= 0.3 is 0 Å². The molecular weight excluding hydrogens is 260 g/mol. The summed E-state index contributed by atoms with van der Waals surface area (Å²) in [5.74, 6) is 0. The summed E-state index contributed by atoms with van der Waals surface area (Å²) in [5, 5.41) is 4.09. The van der Waals surface area contributed by atoms with Crippen molar-refractivity contribution in [1.82, 2.24) is 0 Å². The second kappa shape index (κ2) is 4.46. The van der Waals surface area contributed by atoms with Gasteiger partial charge in [0.2, 0.25) is 0 Å². The number of benzene rings is 3. The highest BCUT2D eigenvalue weighted by molar-refractivity contribution is 7.22. The van der Waals surface area contributed by atoms with Crippen LogP contribution in [0.3, 0.4) is 0 Å². The molecule has 1 heterocycles. The first-order valence-corrected chi connectivity index (χ1v) is 7.62. The second-order valence-electron chi connectivity index (χ2n) is 5.08. The smallest absolute Gasteiger partial charge is 0.0384 e. The van der Waals surface area contributed by atoms with Crippen molar-refractivity contribution in [2.75, 3.05) is 0 Å². The Morgan fingerprint density at radius 3 is 2.35 bits per heavy atom. The van der Waals surface area contributed by atoms with Crippen molar-refractivity contribution < 1.29 is 0 Å². The molecule has 0 saturated heterocycles. The Kier molecular flexibility index (Phi) is 2.61. The number of fused-ring (bicyclic) bond motifs is 3. The lowest BCUT2D eigenvalue weighted by Crippen LogP contribution is -1.77. The topological polar surface area (TPSA) is 0 Å². The summed E-state index contributed by atoms with van der Waals surface area (Å²) in [6.07, 6.45) is 0. The van der Waals surface area contributed by atoms with Crippen LogP contribution in [0.2, 0.25) is 0 Å². The molecule has 0 aliphatic rings. The Hall–Kier alpha value is -2.12. The van der Waals surface area contributed by atoms with Crippen LogP contribution in [0, 0.1) is 6.92 Å². The first-order valence-electron chi connectivity index (χ1n) is 6.81. The van der Waals surface area contributed by atoms with Gasteiger partial charge in [0.15, 0.2) is 0 Å². The average Bonchev–Trinajstić information content (AvgIpc) is 2.86. The highest BCUT2D eigenvalue weighted by Gasteiger charge is 2.12. The van der Waals surface area contributed by atoms with Gasteiger partial charge in [0.25, 0.3) is 0 Å². The summed E-state index contributed by atoms with van der Waals surface area (Å²) in [4.78, 5) is 1.39. The summed E-state index contributed by atoms with van der Waals surface area (Å²) in [5.41, 5.74) is 2.71. The summed E-state index contributed by atoms with van der Waals surface area (Å²) in [7, 11) is 0. The van der Waals surface area contributed by atoms with Crippen LogP contribution in [0.4, 0.5) is 0 Å². The van der Waals surface area contributed by atoms with E-state index in [1.807, 2.05) is 11.3 Å². The molecule has 0 N–H and O–H groups in total. The molecule has 0 spiro atoms. The third-order valence-electron chi connectivity index (χ3n) is 3.85. The Bertz CT molecular complexity index is 901. The highest BCUT2D eigenvalue weighted by atomic mass is 32.1. The van der Waals surface area contributed by atoms with Crippen molar-refractivity contribution in [1.29, 1.82) is 0 Å². The van der Waals surface area contributed by atoms with Gasteiger partial charge in [-0.15, -0.1) is 11.3 Å². The van der Waals surface area contributed by atoms with Gasteiger partial charge in [0.05, 0.1) is 0 Å². The van der Waals surface area contributed by atoms with E-state index in [0.717, 1.165) is 0 Å². The molecule has 20 heavy (non-hydrogen) atoms. The molecule has 0 saturated carbocycles. The molecule has 0 bridgehead atoms. The van der Waals surface area contributed by atoms with Crippen molar-refractivity contribution >= 4 is 32.2 Å². The first kappa shape index (κ1) is 11.7. The minimum absolute atomic E-state index is 1.32. The Morgan fingerprint density at radius 2 is 1.50 bits per heavy atom. The molecule has 0 amide bonds. The van der Waals surface area contributed by atoms with E-state index in [0.29, 0.717) is 0 Å². The Morgan fingerprint density at radius 1 is 0.750 bits per heavy atom. The second-order valence-corrected chi connectivity index (χ2v) is 6.13. The first-order chi connectivity index (χ1) is 9.84. The maximum Gasteiger partial charge on any atom is 0.0384 e. The molecule has 1 aromatic heterocycles. The lowest BCUT2D eigenvalue weighted by atomic mass is 10.0. The quantitative estimate of drug-likeness (QED) is 0.397. The molecule has 0 aliphatic carbocycles. The van der Waals surface area contributed by atoms with Crippen LogP contribution in [-0.2, 0) is 0 Å². The van der Waals surface area contributed by atoms with E-state index in [2.05, 4.69) is 73.7 Å². The van der Waals surface area contributed by atoms with Crippen LogP contribution >= 0.6 is 11.3 Å². The number of aryl methyl sites for hydroxylation is 1. The third-order valence-corrected chi connectivity index (χ3v) is 5.16. The highest BCUT2D eigenvalue weighted by Crippen LogP contribution is 2.41. The molecule has 0 unspecified atom stereocenters. The summed E-state index contributed by atoms with van der Waals surface area (Å²) in [6, 6.07) is 23.8. The lowest BCUT2D eigenvalue weighted by molar-refractivity contribution is 1.58.